The molecule has 1 fully saturated rings. The number of fused-ring (bicyclic) bond motifs is 1. The smallest absolute Gasteiger partial charge is 0.263 e. The number of halogens is 2. The van der Waals surface area contributed by atoms with Crippen LogP contribution >= 0.6 is 0 Å². The summed E-state index contributed by atoms with van der Waals surface area (Å²) >= 11 is 0. The van der Waals surface area contributed by atoms with Gasteiger partial charge in [-0.1, -0.05) is 0 Å². The average molecular weight is 228 g/mol. The van der Waals surface area contributed by atoms with Crippen LogP contribution in [-0.4, -0.2) is 11.9 Å². The van der Waals surface area contributed by atoms with Crippen LogP contribution in [0.3, 0.4) is 0 Å². The van der Waals surface area contributed by atoms with Crippen molar-refractivity contribution in [1.29, 1.82) is 0 Å². The molecular formula is C11H10F2O3. The Morgan fingerprint density at radius 1 is 1.25 bits per heavy atom. The average Bonchev–Trinajstić information content (AvgIpc) is 2.82. The zero-order chi connectivity index (χ0) is 11.3. The molecule has 0 bridgehead atoms. The van der Waals surface area contributed by atoms with Crippen LogP contribution in [0, 0.1) is 0 Å². The van der Waals surface area contributed by atoms with E-state index in [9.17, 15) is 13.9 Å². The highest BCUT2D eigenvalue weighted by molar-refractivity contribution is 5.54. The third kappa shape index (κ3) is 1.35. The summed E-state index contributed by atoms with van der Waals surface area (Å²) < 4.78 is 35.6. The molecule has 0 radical (unpaired) electrons. The maximum Gasteiger partial charge on any atom is 0.263 e. The molecule has 0 aromatic heterocycles. The molecule has 1 aromatic rings. The number of hydrogen-bond acceptors (Lipinski definition) is 3. The Balaban J connectivity index is 2.14. The number of rotatable bonds is 2. The van der Waals surface area contributed by atoms with E-state index < -0.39 is 12.0 Å². The summed E-state index contributed by atoms with van der Waals surface area (Å²) in [4.78, 5) is 0. The Labute approximate surface area is 90.6 Å². The van der Waals surface area contributed by atoms with Gasteiger partial charge in [-0.2, -0.15) is 0 Å². The Hall–Kier alpha value is -1.36. The van der Waals surface area contributed by atoms with Gasteiger partial charge >= 0.3 is 0 Å². The second kappa shape index (κ2) is 3.07. The molecule has 16 heavy (non-hydrogen) atoms. The fourth-order valence-electron chi connectivity index (χ4n) is 1.89. The fourth-order valence-corrected chi connectivity index (χ4v) is 1.89. The molecule has 86 valence electrons. The van der Waals surface area contributed by atoms with E-state index in [1.807, 2.05) is 0 Å². The lowest BCUT2D eigenvalue weighted by atomic mass is 10.0. The highest BCUT2D eigenvalue weighted by Crippen LogP contribution is 2.53. The van der Waals surface area contributed by atoms with Crippen LogP contribution in [0.5, 0.6) is 11.5 Å². The lowest BCUT2D eigenvalue weighted by Crippen LogP contribution is -2.06. The van der Waals surface area contributed by atoms with Crippen LogP contribution in [0.25, 0.3) is 0 Å². The molecule has 5 heteroatoms. The highest BCUT2D eigenvalue weighted by Gasteiger charge is 2.46. The molecule has 1 aliphatic carbocycles. The van der Waals surface area contributed by atoms with Gasteiger partial charge in [-0.05, 0) is 25.0 Å². The lowest BCUT2D eigenvalue weighted by Gasteiger charge is -2.13. The molecule has 1 N–H and O–H groups in total. The first-order valence-corrected chi connectivity index (χ1v) is 5.05. The summed E-state index contributed by atoms with van der Waals surface area (Å²) in [7, 11) is 0. The first-order valence-electron chi connectivity index (χ1n) is 5.05. The van der Waals surface area contributed by atoms with Crippen molar-refractivity contribution in [3.63, 3.8) is 0 Å². The SMILES string of the molecule is OC1(c2cc(C(F)F)cc3c2OCO3)CC1. The maximum atomic E-state index is 12.6. The molecule has 1 aromatic carbocycles. The number of alkyl halides is 2. The number of ether oxygens (including phenoxy) is 2. The third-order valence-electron chi connectivity index (χ3n) is 2.97. The Kier molecular flexibility index (Phi) is 1.89. The van der Waals surface area contributed by atoms with Crippen LogP contribution in [-0.2, 0) is 5.60 Å². The summed E-state index contributed by atoms with van der Waals surface area (Å²) in [5, 5.41) is 9.99. The molecule has 1 heterocycles. The van der Waals surface area contributed by atoms with Crippen molar-refractivity contribution < 1.29 is 23.4 Å². The summed E-state index contributed by atoms with van der Waals surface area (Å²) in [5.74, 6) is 0.706. The molecule has 2 aliphatic rings. The van der Waals surface area contributed by atoms with Gasteiger partial charge in [0, 0.05) is 11.1 Å². The normalized spacial score (nSPS) is 20.2. The van der Waals surface area contributed by atoms with Crippen molar-refractivity contribution in [3.05, 3.63) is 23.3 Å². The quantitative estimate of drug-likeness (QED) is 0.844. The predicted octanol–water partition coefficient (Wildman–Crippen LogP) is 2.33. The molecule has 3 nitrogen and oxygen atoms in total. The molecule has 0 amide bonds. The van der Waals surface area contributed by atoms with Crippen molar-refractivity contribution in [3.8, 4) is 11.5 Å². The molecule has 3 rings (SSSR count). The van der Waals surface area contributed by atoms with Crippen molar-refractivity contribution in [2.75, 3.05) is 6.79 Å². The monoisotopic (exact) mass is 228 g/mol. The van der Waals surface area contributed by atoms with Gasteiger partial charge in [0.1, 0.15) is 0 Å². The molecule has 0 atom stereocenters. The molecule has 1 saturated carbocycles. The van der Waals surface area contributed by atoms with E-state index in [0.29, 0.717) is 29.9 Å². The van der Waals surface area contributed by atoms with Crippen LogP contribution < -0.4 is 9.47 Å². The predicted molar refractivity (Wildman–Crippen MR) is 50.7 cm³/mol. The van der Waals surface area contributed by atoms with E-state index in [1.165, 1.54) is 12.1 Å². The number of benzene rings is 1. The van der Waals surface area contributed by atoms with Crippen molar-refractivity contribution in [2.24, 2.45) is 0 Å². The maximum absolute atomic E-state index is 12.6. The van der Waals surface area contributed by atoms with E-state index in [-0.39, 0.29) is 12.4 Å². The summed E-state index contributed by atoms with van der Waals surface area (Å²) in [6.07, 6.45) is -1.42. The molecular weight excluding hydrogens is 218 g/mol. The van der Waals surface area contributed by atoms with Crippen molar-refractivity contribution >= 4 is 0 Å². The minimum absolute atomic E-state index is 0.0190. The molecule has 0 saturated heterocycles. The van der Waals surface area contributed by atoms with Gasteiger partial charge in [-0.15, -0.1) is 0 Å². The topological polar surface area (TPSA) is 38.7 Å². The second-order valence-electron chi connectivity index (χ2n) is 4.13. The van der Waals surface area contributed by atoms with Crippen molar-refractivity contribution in [1.82, 2.24) is 0 Å². The first-order chi connectivity index (χ1) is 7.60. The van der Waals surface area contributed by atoms with Gasteiger partial charge in [-0.25, -0.2) is 8.78 Å². The van der Waals surface area contributed by atoms with E-state index in [0.717, 1.165) is 0 Å². The zero-order valence-electron chi connectivity index (χ0n) is 8.37. The van der Waals surface area contributed by atoms with E-state index in [1.54, 1.807) is 0 Å². The van der Waals surface area contributed by atoms with E-state index in [4.69, 9.17) is 9.47 Å². The largest absolute Gasteiger partial charge is 0.454 e. The zero-order valence-corrected chi connectivity index (χ0v) is 8.37. The van der Waals surface area contributed by atoms with Crippen LogP contribution in [0.1, 0.15) is 30.4 Å². The highest BCUT2D eigenvalue weighted by atomic mass is 19.3. The van der Waals surface area contributed by atoms with Gasteiger partial charge in [0.2, 0.25) is 6.79 Å². The summed E-state index contributed by atoms with van der Waals surface area (Å²) in [5.41, 5.74) is -0.708. The van der Waals surface area contributed by atoms with E-state index in [2.05, 4.69) is 0 Å². The minimum atomic E-state index is -2.57. The third-order valence-corrected chi connectivity index (χ3v) is 2.97. The van der Waals surface area contributed by atoms with E-state index >= 15 is 0 Å². The van der Waals surface area contributed by atoms with Crippen LogP contribution in [0.2, 0.25) is 0 Å². The molecule has 1 aliphatic heterocycles. The Bertz CT molecular complexity index is 441. The van der Waals surface area contributed by atoms with Gasteiger partial charge in [0.15, 0.2) is 11.5 Å². The molecule has 0 spiro atoms. The van der Waals surface area contributed by atoms with Gasteiger partial charge in [0.25, 0.3) is 6.43 Å². The minimum Gasteiger partial charge on any atom is -0.454 e. The summed E-state index contributed by atoms with van der Waals surface area (Å²) in [6, 6.07) is 2.58. The van der Waals surface area contributed by atoms with Gasteiger partial charge in [0.05, 0.1) is 5.60 Å². The van der Waals surface area contributed by atoms with Gasteiger partial charge in [-0.3, -0.25) is 0 Å². The van der Waals surface area contributed by atoms with Gasteiger partial charge < -0.3 is 14.6 Å². The van der Waals surface area contributed by atoms with Crippen LogP contribution in [0.15, 0.2) is 12.1 Å². The molecule has 0 unspecified atom stereocenters. The number of hydrogen-bond donors (Lipinski definition) is 1. The summed E-state index contributed by atoms with van der Waals surface area (Å²) in [6.45, 7) is 0.0190. The number of aliphatic hydroxyl groups is 1. The lowest BCUT2D eigenvalue weighted by molar-refractivity contribution is 0.138. The van der Waals surface area contributed by atoms with Crippen LogP contribution in [0.4, 0.5) is 8.78 Å². The second-order valence-corrected chi connectivity index (χ2v) is 4.13. The van der Waals surface area contributed by atoms with Crippen molar-refractivity contribution in [2.45, 2.75) is 24.9 Å². The Morgan fingerprint density at radius 3 is 2.62 bits per heavy atom. The Morgan fingerprint density at radius 2 is 2.00 bits per heavy atom. The standard InChI is InChI=1S/C11H10F2O3/c12-10(13)6-3-7(11(14)1-2-11)9-8(4-6)15-5-16-9/h3-4,10,14H,1-2,5H2. The first kappa shape index (κ1) is 9.84. The fraction of sp³-hybridized carbons (Fsp3) is 0.455.